The van der Waals surface area contributed by atoms with Crippen LogP contribution in [0.5, 0.6) is 5.75 Å². The Balaban J connectivity index is 0.000000244. The maximum Gasteiger partial charge on any atom is 0.387 e. The van der Waals surface area contributed by atoms with Gasteiger partial charge in [-0.05, 0) is 46.3 Å². The Morgan fingerprint density at radius 2 is 1.71 bits per heavy atom. The average molecular weight is 603 g/mol. The number of nitrogens with one attached hydrogen (secondary N) is 2. The van der Waals surface area contributed by atoms with Crippen LogP contribution in [0.4, 0.5) is 14.5 Å². The van der Waals surface area contributed by atoms with Crippen molar-refractivity contribution in [2.45, 2.75) is 6.61 Å². The van der Waals surface area contributed by atoms with E-state index in [1.165, 1.54) is 36.9 Å². The first-order chi connectivity index (χ1) is 18.4. The molecule has 6 rings (SSSR count). The first-order valence-electron chi connectivity index (χ1n) is 10.8. The van der Waals surface area contributed by atoms with Gasteiger partial charge in [-0.15, -0.1) is 0 Å². The SMILES string of the molecule is Brc1cncc2ccoc12.O=C(Nc1cn[nH]c1-c1cc(Cl)ccc1OC(F)F)c1cncc2ccoc12. The first kappa shape index (κ1) is 25.4. The number of pyridine rings is 2. The molecule has 9 nitrogen and oxygen atoms in total. The number of carbonyl (C=O) groups is 1. The molecular weight excluding hydrogens is 588 g/mol. The van der Waals surface area contributed by atoms with Crippen LogP contribution in [0.3, 0.4) is 0 Å². The standard InChI is InChI=1S/C18H11ClF2N4O3.C7H4BrNO/c19-10-1-2-14(28-18(20)21)11(5-10)15-13(8-23-25-15)24-17(26)12-7-22-6-9-3-4-27-16(9)12;8-6-4-9-3-5-1-2-10-7(5)6/h1-8,18H,(H,23,25)(H,24,26);1-4H. The largest absolute Gasteiger partial charge is 0.463 e. The van der Waals surface area contributed by atoms with Crippen molar-refractivity contribution in [1.82, 2.24) is 20.2 Å². The number of hydrogen-bond donors (Lipinski definition) is 2. The van der Waals surface area contributed by atoms with Crippen LogP contribution in [-0.4, -0.2) is 32.7 Å². The van der Waals surface area contributed by atoms with Gasteiger partial charge >= 0.3 is 6.61 Å². The van der Waals surface area contributed by atoms with Crippen molar-refractivity contribution in [2.24, 2.45) is 0 Å². The third-order valence-corrected chi connectivity index (χ3v) is 6.03. The Bertz CT molecular complexity index is 1740. The number of ether oxygens (including phenoxy) is 1. The number of aromatic amines is 1. The predicted molar refractivity (Wildman–Crippen MR) is 139 cm³/mol. The van der Waals surface area contributed by atoms with E-state index in [1.54, 1.807) is 30.9 Å². The molecule has 0 saturated heterocycles. The predicted octanol–water partition coefficient (Wildman–Crippen LogP) is 7.32. The summed E-state index contributed by atoms with van der Waals surface area (Å²) in [6, 6.07) is 7.72. The molecule has 0 saturated carbocycles. The Morgan fingerprint density at radius 1 is 1.00 bits per heavy atom. The van der Waals surface area contributed by atoms with Gasteiger partial charge in [0.1, 0.15) is 16.9 Å². The summed E-state index contributed by atoms with van der Waals surface area (Å²) in [6.45, 7) is -3.02. The molecule has 0 aliphatic rings. The zero-order chi connectivity index (χ0) is 26.6. The van der Waals surface area contributed by atoms with Gasteiger partial charge in [-0.1, -0.05) is 11.6 Å². The van der Waals surface area contributed by atoms with E-state index in [0.29, 0.717) is 16.0 Å². The number of amides is 1. The second kappa shape index (κ2) is 11.0. The monoisotopic (exact) mass is 601 g/mol. The Morgan fingerprint density at radius 3 is 2.45 bits per heavy atom. The van der Waals surface area contributed by atoms with E-state index in [0.717, 1.165) is 15.4 Å². The number of carbonyl (C=O) groups excluding carboxylic acids is 1. The fourth-order valence-corrected chi connectivity index (χ4v) is 4.19. The fraction of sp³-hybridized carbons (Fsp3) is 0.0400. The van der Waals surface area contributed by atoms with E-state index >= 15 is 0 Å². The molecule has 0 atom stereocenters. The van der Waals surface area contributed by atoms with Crippen molar-refractivity contribution in [3.8, 4) is 17.0 Å². The highest BCUT2D eigenvalue weighted by Gasteiger charge is 2.20. The van der Waals surface area contributed by atoms with Crippen LogP contribution in [0.2, 0.25) is 5.02 Å². The number of benzene rings is 1. The fourth-order valence-electron chi connectivity index (χ4n) is 3.58. The lowest BCUT2D eigenvalue weighted by Gasteiger charge is -2.12. The van der Waals surface area contributed by atoms with Crippen LogP contribution in [0.1, 0.15) is 10.4 Å². The lowest BCUT2D eigenvalue weighted by Crippen LogP contribution is -2.13. The molecule has 5 heterocycles. The minimum Gasteiger partial charge on any atom is -0.463 e. The van der Waals surface area contributed by atoms with E-state index in [-0.39, 0.29) is 28.3 Å². The molecule has 1 amide bonds. The summed E-state index contributed by atoms with van der Waals surface area (Å²) in [5.41, 5.74) is 2.16. The van der Waals surface area contributed by atoms with E-state index in [2.05, 4.69) is 46.1 Å². The molecule has 0 bridgehead atoms. The molecule has 5 aromatic heterocycles. The van der Waals surface area contributed by atoms with Crippen molar-refractivity contribution < 1.29 is 27.1 Å². The zero-order valence-electron chi connectivity index (χ0n) is 19.0. The molecule has 38 heavy (non-hydrogen) atoms. The molecular formula is C25H15BrClF2N5O4. The van der Waals surface area contributed by atoms with Gasteiger partial charge in [0.05, 0.1) is 34.6 Å². The van der Waals surface area contributed by atoms with Gasteiger partial charge in [-0.25, -0.2) is 0 Å². The summed E-state index contributed by atoms with van der Waals surface area (Å²) in [4.78, 5) is 20.7. The molecule has 6 aromatic rings. The van der Waals surface area contributed by atoms with Crippen LogP contribution >= 0.6 is 27.5 Å². The average Bonchev–Trinajstić information content (AvgIpc) is 3.66. The van der Waals surface area contributed by atoms with Gasteiger partial charge in [-0.3, -0.25) is 19.9 Å². The number of anilines is 1. The van der Waals surface area contributed by atoms with Gasteiger partial charge < -0.3 is 18.9 Å². The van der Waals surface area contributed by atoms with E-state index in [9.17, 15) is 13.6 Å². The molecule has 0 spiro atoms. The summed E-state index contributed by atoms with van der Waals surface area (Å²) in [5.74, 6) is -0.622. The van der Waals surface area contributed by atoms with Crippen LogP contribution < -0.4 is 10.1 Å². The van der Waals surface area contributed by atoms with Gasteiger partial charge in [0, 0.05) is 46.1 Å². The highest BCUT2D eigenvalue weighted by molar-refractivity contribution is 9.10. The van der Waals surface area contributed by atoms with Crippen LogP contribution in [0.25, 0.3) is 33.2 Å². The minimum absolute atomic E-state index is 0.117. The van der Waals surface area contributed by atoms with Crippen LogP contribution in [0, 0.1) is 0 Å². The summed E-state index contributed by atoms with van der Waals surface area (Å²) >= 11 is 9.31. The molecule has 0 aliphatic heterocycles. The number of hydrogen-bond acceptors (Lipinski definition) is 7. The van der Waals surface area contributed by atoms with Gasteiger partial charge in [0.2, 0.25) is 0 Å². The third kappa shape index (κ3) is 5.36. The molecule has 1 aromatic carbocycles. The lowest BCUT2D eigenvalue weighted by atomic mass is 10.1. The maximum atomic E-state index is 12.7. The number of furan rings is 2. The van der Waals surface area contributed by atoms with E-state index < -0.39 is 12.5 Å². The molecule has 13 heteroatoms. The topological polar surface area (TPSA) is 119 Å². The number of fused-ring (bicyclic) bond motifs is 2. The Hall–Kier alpha value is -4.29. The van der Waals surface area contributed by atoms with Gasteiger partial charge in [0.15, 0.2) is 5.58 Å². The quantitative estimate of drug-likeness (QED) is 0.212. The zero-order valence-corrected chi connectivity index (χ0v) is 21.3. The second-order valence-corrected chi connectivity index (χ2v) is 8.91. The smallest absolute Gasteiger partial charge is 0.387 e. The number of H-pyrrole nitrogens is 1. The van der Waals surface area contributed by atoms with Gasteiger partial charge in [-0.2, -0.15) is 13.9 Å². The summed E-state index contributed by atoms with van der Waals surface area (Å²) in [7, 11) is 0. The second-order valence-electron chi connectivity index (χ2n) is 7.62. The summed E-state index contributed by atoms with van der Waals surface area (Å²) < 4.78 is 41.4. The molecule has 0 aliphatic carbocycles. The van der Waals surface area contributed by atoms with Crippen molar-refractivity contribution in [3.63, 3.8) is 0 Å². The summed E-state index contributed by atoms with van der Waals surface area (Å²) in [6.07, 6.45) is 10.9. The van der Waals surface area contributed by atoms with Crippen LogP contribution in [0.15, 0.2) is 87.1 Å². The normalized spacial score (nSPS) is 11.0. The number of aromatic nitrogens is 4. The van der Waals surface area contributed by atoms with E-state index in [1.807, 2.05) is 6.07 Å². The first-order valence-corrected chi connectivity index (χ1v) is 11.9. The Kier molecular flexibility index (Phi) is 7.33. The van der Waals surface area contributed by atoms with Crippen molar-refractivity contribution >= 4 is 61.1 Å². The molecule has 0 fully saturated rings. The minimum atomic E-state index is -3.02. The lowest BCUT2D eigenvalue weighted by molar-refractivity contribution is -0.0494. The molecule has 0 radical (unpaired) electrons. The van der Waals surface area contributed by atoms with Crippen molar-refractivity contribution in [3.05, 3.63) is 88.9 Å². The number of alkyl halides is 2. The van der Waals surface area contributed by atoms with Crippen molar-refractivity contribution in [1.29, 1.82) is 0 Å². The van der Waals surface area contributed by atoms with Crippen LogP contribution in [-0.2, 0) is 0 Å². The number of halogens is 4. The highest BCUT2D eigenvalue weighted by Crippen LogP contribution is 2.36. The Labute approximate surface area is 225 Å². The molecule has 192 valence electrons. The molecule has 2 N–H and O–H groups in total. The number of nitrogens with zero attached hydrogens (tertiary/aromatic N) is 3. The highest BCUT2D eigenvalue weighted by atomic mass is 79.9. The molecule has 0 unspecified atom stereocenters. The number of rotatable bonds is 5. The maximum absolute atomic E-state index is 12.7. The van der Waals surface area contributed by atoms with E-state index in [4.69, 9.17) is 20.4 Å². The van der Waals surface area contributed by atoms with Gasteiger partial charge in [0.25, 0.3) is 5.91 Å². The van der Waals surface area contributed by atoms with Crippen molar-refractivity contribution in [2.75, 3.05) is 5.32 Å². The summed E-state index contributed by atoms with van der Waals surface area (Å²) in [5, 5.41) is 11.2. The third-order valence-electron chi connectivity index (χ3n) is 5.23.